The maximum Gasteiger partial charge on any atom is 0.129 e. The van der Waals surface area contributed by atoms with Crippen LogP contribution in [0.4, 0.5) is 4.39 Å². The van der Waals surface area contributed by atoms with E-state index >= 15 is 0 Å². The van der Waals surface area contributed by atoms with Crippen molar-refractivity contribution in [1.82, 2.24) is 9.80 Å². The van der Waals surface area contributed by atoms with Crippen LogP contribution >= 0.6 is 11.6 Å². The summed E-state index contributed by atoms with van der Waals surface area (Å²) >= 11 is 5.99. The predicted octanol–water partition coefficient (Wildman–Crippen LogP) is 5.06. The summed E-state index contributed by atoms with van der Waals surface area (Å²) in [6, 6.07) is 14.0. The summed E-state index contributed by atoms with van der Waals surface area (Å²) in [5, 5.41) is 16.2. The minimum Gasteiger partial charge on any atom is -0.394 e. The van der Waals surface area contributed by atoms with Crippen LogP contribution in [0, 0.1) is 5.82 Å². The van der Waals surface area contributed by atoms with E-state index in [0.717, 1.165) is 68.9 Å². The molecule has 5 nitrogen and oxygen atoms in total. The number of benzene rings is 2. The van der Waals surface area contributed by atoms with Crippen molar-refractivity contribution in [2.75, 3.05) is 45.9 Å². The van der Waals surface area contributed by atoms with Crippen molar-refractivity contribution in [2.24, 2.45) is 5.16 Å². The topological polar surface area (TPSA) is 48.3 Å². The van der Waals surface area contributed by atoms with Gasteiger partial charge in [-0.15, -0.1) is 0 Å². The molecule has 34 heavy (non-hydrogen) atoms. The molecule has 1 N–H and O–H groups in total. The molecule has 0 unspecified atom stereocenters. The molecular weight excluding hydrogens is 453 g/mol. The Bertz CT molecular complexity index is 922. The molecule has 2 aliphatic rings. The van der Waals surface area contributed by atoms with Crippen LogP contribution in [0.25, 0.3) is 0 Å². The largest absolute Gasteiger partial charge is 0.394 e. The molecule has 0 saturated carbocycles. The fourth-order valence-electron chi connectivity index (χ4n) is 4.85. The third-order valence-electron chi connectivity index (χ3n) is 7.00. The zero-order chi connectivity index (χ0) is 23.8. The van der Waals surface area contributed by atoms with Gasteiger partial charge >= 0.3 is 0 Å². The van der Waals surface area contributed by atoms with Crippen LogP contribution in [-0.2, 0) is 10.4 Å². The van der Waals surface area contributed by atoms with Gasteiger partial charge in [0, 0.05) is 24.7 Å². The quantitative estimate of drug-likeness (QED) is 0.289. The summed E-state index contributed by atoms with van der Waals surface area (Å²) in [5.41, 5.74) is 1.91. The molecule has 0 spiro atoms. The molecule has 0 bridgehead atoms. The highest BCUT2D eigenvalue weighted by molar-refractivity contribution is 6.30. The van der Waals surface area contributed by atoms with Crippen molar-refractivity contribution >= 4 is 17.3 Å². The van der Waals surface area contributed by atoms with E-state index in [2.05, 4.69) is 15.0 Å². The summed E-state index contributed by atoms with van der Waals surface area (Å²) in [6.45, 7) is 6.35. The van der Waals surface area contributed by atoms with Crippen LogP contribution in [-0.4, -0.2) is 66.5 Å². The number of nitrogens with zero attached hydrogens (tertiary/aromatic N) is 3. The van der Waals surface area contributed by atoms with E-state index in [1.807, 2.05) is 24.3 Å². The Kier molecular flexibility index (Phi) is 8.95. The van der Waals surface area contributed by atoms with Crippen LogP contribution in [0.15, 0.2) is 53.7 Å². The molecule has 2 aromatic carbocycles. The second kappa shape index (κ2) is 12.1. The van der Waals surface area contributed by atoms with Gasteiger partial charge in [0.2, 0.25) is 0 Å². The first-order valence-electron chi connectivity index (χ1n) is 12.4. The Morgan fingerprint density at radius 2 is 1.59 bits per heavy atom. The summed E-state index contributed by atoms with van der Waals surface area (Å²) in [4.78, 5) is 10.5. The molecule has 0 radical (unpaired) electrons. The van der Waals surface area contributed by atoms with Crippen molar-refractivity contribution in [3.63, 3.8) is 0 Å². The fraction of sp³-hybridized carbons (Fsp3) is 0.519. The van der Waals surface area contributed by atoms with E-state index in [9.17, 15) is 9.50 Å². The molecule has 7 heteroatoms. The fourth-order valence-corrected chi connectivity index (χ4v) is 4.98. The second-order valence-corrected chi connectivity index (χ2v) is 9.85. The SMILES string of the molecule is OC1(c2ccc(Cl)cc2)CCN(CCC/C(=N\OCCN2CCCC2)c2ccc(F)cc2)CC1. The highest BCUT2D eigenvalue weighted by Crippen LogP contribution is 2.33. The van der Waals surface area contributed by atoms with E-state index in [1.165, 1.54) is 25.0 Å². The Hall–Kier alpha value is -1.99. The lowest BCUT2D eigenvalue weighted by Crippen LogP contribution is -2.42. The molecule has 2 aliphatic heterocycles. The third kappa shape index (κ3) is 7.01. The van der Waals surface area contributed by atoms with E-state index in [-0.39, 0.29) is 5.82 Å². The Labute approximate surface area is 207 Å². The van der Waals surface area contributed by atoms with Gasteiger partial charge < -0.3 is 14.8 Å². The monoisotopic (exact) mass is 487 g/mol. The van der Waals surface area contributed by atoms with Gasteiger partial charge in [0.25, 0.3) is 0 Å². The number of piperidine rings is 1. The van der Waals surface area contributed by atoms with Crippen molar-refractivity contribution in [3.8, 4) is 0 Å². The van der Waals surface area contributed by atoms with Crippen molar-refractivity contribution in [3.05, 3.63) is 70.5 Å². The van der Waals surface area contributed by atoms with E-state index in [0.29, 0.717) is 24.5 Å². The maximum atomic E-state index is 13.4. The molecule has 0 aromatic heterocycles. The minimum absolute atomic E-state index is 0.250. The molecule has 0 atom stereocenters. The number of likely N-dealkylation sites (tertiary alicyclic amines) is 2. The molecule has 2 fully saturated rings. The lowest BCUT2D eigenvalue weighted by molar-refractivity contribution is -0.0259. The zero-order valence-corrected chi connectivity index (χ0v) is 20.5. The van der Waals surface area contributed by atoms with Crippen molar-refractivity contribution < 1.29 is 14.3 Å². The molecule has 2 saturated heterocycles. The lowest BCUT2D eigenvalue weighted by Gasteiger charge is -2.38. The second-order valence-electron chi connectivity index (χ2n) is 9.41. The Morgan fingerprint density at radius 3 is 2.26 bits per heavy atom. The number of aliphatic hydroxyl groups is 1. The maximum absolute atomic E-state index is 13.4. The number of halogens is 2. The van der Waals surface area contributed by atoms with E-state index in [1.54, 1.807) is 12.1 Å². The zero-order valence-electron chi connectivity index (χ0n) is 19.8. The first-order chi connectivity index (χ1) is 16.5. The van der Waals surface area contributed by atoms with Gasteiger partial charge in [-0.25, -0.2) is 4.39 Å². The minimum atomic E-state index is -0.787. The average molecular weight is 488 g/mol. The highest BCUT2D eigenvalue weighted by atomic mass is 35.5. The summed E-state index contributed by atoms with van der Waals surface area (Å²) in [5.74, 6) is -0.250. The van der Waals surface area contributed by atoms with Crippen LogP contribution in [0.2, 0.25) is 5.02 Å². The first kappa shape index (κ1) is 25.1. The summed E-state index contributed by atoms with van der Waals surface area (Å²) < 4.78 is 13.4. The molecular formula is C27H35ClFN3O2. The van der Waals surface area contributed by atoms with Crippen molar-refractivity contribution in [2.45, 2.75) is 44.1 Å². The first-order valence-corrected chi connectivity index (χ1v) is 12.8. The van der Waals surface area contributed by atoms with Gasteiger partial charge in [0.15, 0.2) is 0 Å². The van der Waals surface area contributed by atoms with E-state index in [4.69, 9.17) is 16.4 Å². The van der Waals surface area contributed by atoms with Gasteiger partial charge in [-0.2, -0.15) is 0 Å². The van der Waals surface area contributed by atoms with Gasteiger partial charge in [0.05, 0.1) is 11.3 Å². The van der Waals surface area contributed by atoms with Gasteiger partial charge in [0.1, 0.15) is 12.4 Å². The smallest absolute Gasteiger partial charge is 0.129 e. The molecule has 4 rings (SSSR count). The predicted molar refractivity (Wildman–Crippen MR) is 135 cm³/mol. The van der Waals surface area contributed by atoms with E-state index < -0.39 is 5.60 Å². The molecule has 2 heterocycles. The van der Waals surface area contributed by atoms with Crippen LogP contribution in [0.1, 0.15) is 49.7 Å². The summed E-state index contributed by atoms with van der Waals surface area (Å²) in [6.07, 6.45) is 5.61. The number of rotatable bonds is 10. The van der Waals surface area contributed by atoms with Gasteiger partial charge in [-0.3, -0.25) is 4.90 Å². The average Bonchev–Trinajstić information content (AvgIpc) is 3.36. The van der Waals surface area contributed by atoms with Crippen LogP contribution in [0.3, 0.4) is 0 Å². The van der Waals surface area contributed by atoms with Gasteiger partial charge in [-0.1, -0.05) is 41.0 Å². The molecule has 184 valence electrons. The molecule has 2 aromatic rings. The lowest BCUT2D eigenvalue weighted by atomic mass is 9.84. The highest BCUT2D eigenvalue weighted by Gasteiger charge is 2.33. The van der Waals surface area contributed by atoms with Gasteiger partial charge in [-0.05, 0) is 93.6 Å². The number of oxime groups is 1. The summed E-state index contributed by atoms with van der Waals surface area (Å²) in [7, 11) is 0. The van der Waals surface area contributed by atoms with Crippen LogP contribution in [0.5, 0.6) is 0 Å². The molecule has 0 amide bonds. The number of hydrogen-bond acceptors (Lipinski definition) is 5. The third-order valence-corrected chi connectivity index (χ3v) is 7.25. The molecule has 0 aliphatic carbocycles. The standard InChI is InChI=1S/C27H35ClFN3O2/c28-24-9-7-23(8-10-24)27(33)13-18-32(19-14-27)17-3-4-26(22-5-11-25(29)12-6-22)30-34-21-20-31-15-1-2-16-31/h5-12,33H,1-4,13-21H2/b30-26+. The Balaban J connectivity index is 1.27. The normalized spacial score (nSPS) is 19.4. The number of hydrogen-bond donors (Lipinski definition) is 1. The Morgan fingerprint density at radius 1 is 0.941 bits per heavy atom. The van der Waals surface area contributed by atoms with Crippen molar-refractivity contribution in [1.29, 1.82) is 0 Å². The van der Waals surface area contributed by atoms with Crippen LogP contribution < -0.4 is 0 Å².